The lowest BCUT2D eigenvalue weighted by molar-refractivity contribution is 0.0949. The Morgan fingerprint density at radius 1 is 1.28 bits per heavy atom. The largest absolute Gasteiger partial charge is 0.497 e. The van der Waals surface area contributed by atoms with E-state index in [9.17, 15) is 9.59 Å². The molecule has 6 nitrogen and oxygen atoms in total. The first kappa shape index (κ1) is 18.7. The van der Waals surface area contributed by atoms with Gasteiger partial charge in [-0.2, -0.15) is 5.10 Å². The van der Waals surface area contributed by atoms with Crippen LogP contribution in [0.3, 0.4) is 0 Å². The van der Waals surface area contributed by atoms with Gasteiger partial charge in [0.1, 0.15) is 11.3 Å². The van der Waals surface area contributed by atoms with Crippen molar-refractivity contribution in [1.82, 2.24) is 15.1 Å². The van der Waals surface area contributed by atoms with E-state index in [4.69, 9.17) is 4.74 Å². The van der Waals surface area contributed by atoms with E-state index >= 15 is 0 Å². The number of rotatable bonds is 6. The molecule has 0 aliphatic heterocycles. The van der Waals surface area contributed by atoms with Crippen LogP contribution in [0.5, 0.6) is 5.75 Å². The number of nitrogens with one attached hydrogen (secondary N) is 1. The van der Waals surface area contributed by atoms with E-state index < -0.39 is 0 Å². The average Bonchev–Trinajstić information content (AvgIpc) is 2.60. The molecule has 134 valence electrons. The van der Waals surface area contributed by atoms with Crippen molar-refractivity contribution >= 4 is 5.91 Å². The fraction of sp³-hybridized carbons (Fsp3) is 0.421. The number of hydrogen-bond donors (Lipinski definition) is 1. The zero-order valence-corrected chi connectivity index (χ0v) is 15.4. The van der Waals surface area contributed by atoms with Crippen LogP contribution >= 0.6 is 0 Å². The SMILES string of the molecule is COc1ccc([C@@H](C)CCNC(=O)c2c(C)c(C)nn(C)c2=O)cc1. The van der Waals surface area contributed by atoms with Crippen molar-refractivity contribution in [3.8, 4) is 5.75 Å². The van der Waals surface area contributed by atoms with Crippen LogP contribution in [0.2, 0.25) is 0 Å². The van der Waals surface area contributed by atoms with Gasteiger partial charge < -0.3 is 10.1 Å². The number of carbonyl (C=O) groups excluding carboxylic acids is 1. The molecule has 25 heavy (non-hydrogen) atoms. The monoisotopic (exact) mass is 343 g/mol. The van der Waals surface area contributed by atoms with Gasteiger partial charge in [-0.05, 0) is 49.4 Å². The first-order valence-electron chi connectivity index (χ1n) is 8.31. The van der Waals surface area contributed by atoms with E-state index in [1.165, 1.54) is 10.2 Å². The van der Waals surface area contributed by atoms with Crippen LogP contribution < -0.4 is 15.6 Å². The maximum Gasteiger partial charge on any atom is 0.279 e. The number of ether oxygens (including phenoxy) is 1. The van der Waals surface area contributed by atoms with Gasteiger partial charge in [-0.25, -0.2) is 4.68 Å². The van der Waals surface area contributed by atoms with Gasteiger partial charge >= 0.3 is 0 Å². The highest BCUT2D eigenvalue weighted by molar-refractivity contribution is 5.95. The summed E-state index contributed by atoms with van der Waals surface area (Å²) >= 11 is 0. The Balaban J connectivity index is 2.00. The Hall–Kier alpha value is -2.63. The standard InChI is InChI=1S/C19H25N3O3/c1-12(15-6-8-16(25-5)9-7-15)10-11-20-18(23)17-13(2)14(3)21-22(4)19(17)24/h6-9,12H,10-11H2,1-5H3,(H,20,23)/t12-/m0/s1. The van der Waals surface area contributed by atoms with Crippen LogP contribution in [-0.4, -0.2) is 29.3 Å². The van der Waals surface area contributed by atoms with Gasteiger partial charge in [0.2, 0.25) is 0 Å². The molecule has 6 heteroatoms. The van der Waals surface area contributed by atoms with E-state index in [0.29, 0.717) is 17.8 Å². The van der Waals surface area contributed by atoms with Crippen molar-refractivity contribution in [3.63, 3.8) is 0 Å². The first-order chi connectivity index (χ1) is 11.8. The Morgan fingerprint density at radius 2 is 1.92 bits per heavy atom. The molecular formula is C19H25N3O3. The Labute approximate surface area is 147 Å². The van der Waals surface area contributed by atoms with Gasteiger partial charge in [0.15, 0.2) is 0 Å². The summed E-state index contributed by atoms with van der Waals surface area (Å²) in [5, 5.41) is 6.95. The van der Waals surface area contributed by atoms with Crippen LogP contribution in [-0.2, 0) is 7.05 Å². The normalized spacial score (nSPS) is 11.9. The third-order valence-electron chi connectivity index (χ3n) is 4.50. The summed E-state index contributed by atoms with van der Waals surface area (Å²) in [4.78, 5) is 24.6. The lowest BCUT2D eigenvalue weighted by atomic mass is 9.97. The summed E-state index contributed by atoms with van der Waals surface area (Å²) in [5.41, 5.74) is 2.29. The third kappa shape index (κ3) is 4.26. The minimum absolute atomic E-state index is 0.173. The number of benzene rings is 1. The molecule has 0 radical (unpaired) electrons. The molecule has 1 heterocycles. The minimum Gasteiger partial charge on any atom is -0.497 e. The zero-order chi connectivity index (χ0) is 18.6. The van der Waals surface area contributed by atoms with Gasteiger partial charge in [-0.15, -0.1) is 0 Å². The molecular weight excluding hydrogens is 318 g/mol. The quantitative estimate of drug-likeness (QED) is 0.874. The van der Waals surface area contributed by atoms with Gasteiger partial charge in [-0.3, -0.25) is 9.59 Å². The summed E-state index contributed by atoms with van der Waals surface area (Å²) < 4.78 is 6.36. The summed E-state index contributed by atoms with van der Waals surface area (Å²) in [6, 6.07) is 7.91. The van der Waals surface area contributed by atoms with Crippen LogP contribution in [0.25, 0.3) is 0 Å². The van der Waals surface area contributed by atoms with Crippen molar-refractivity contribution in [2.45, 2.75) is 33.1 Å². The molecule has 1 aromatic carbocycles. The second-order valence-corrected chi connectivity index (χ2v) is 6.23. The van der Waals surface area contributed by atoms with Crippen LogP contribution in [0.1, 0.15) is 46.4 Å². The summed E-state index contributed by atoms with van der Waals surface area (Å²) in [6.07, 6.45) is 0.779. The highest BCUT2D eigenvalue weighted by Crippen LogP contribution is 2.21. The topological polar surface area (TPSA) is 73.2 Å². The first-order valence-corrected chi connectivity index (χ1v) is 8.31. The molecule has 0 fully saturated rings. The molecule has 0 bridgehead atoms. The fourth-order valence-corrected chi connectivity index (χ4v) is 2.71. The smallest absolute Gasteiger partial charge is 0.279 e. The van der Waals surface area contributed by atoms with Crippen LogP contribution in [0.15, 0.2) is 29.1 Å². The number of aromatic nitrogens is 2. The molecule has 1 atom stereocenters. The fourth-order valence-electron chi connectivity index (χ4n) is 2.71. The molecule has 2 aromatic rings. The van der Waals surface area contributed by atoms with E-state index in [1.807, 2.05) is 24.3 Å². The second-order valence-electron chi connectivity index (χ2n) is 6.23. The van der Waals surface area contributed by atoms with Crippen molar-refractivity contribution in [3.05, 3.63) is 57.0 Å². The number of nitrogens with zero attached hydrogens (tertiary/aromatic N) is 2. The maximum absolute atomic E-state index is 12.4. The van der Waals surface area contributed by atoms with Gasteiger partial charge in [0, 0.05) is 13.6 Å². The lowest BCUT2D eigenvalue weighted by Gasteiger charge is -2.14. The number of amides is 1. The number of methoxy groups -OCH3 is 1. The Kier molecular flexibility index (Phi) is 5.96. The van der Waals surface area contributed by atoms with Crippen LogP contribution in [0, 0.1) is 13.8 Å². The highest BCUT2D eigenvalue weighted by atomic mass is 16.5. The number of aryl methyl sites for hydroxylation is 2. The predicted molar refractivity (Wildman–Crippen MR) is 97.3 cm³/mol. The highest BCUT2D eigenvalue weighted by Gasteiger charge is 2.17. The molecule has 0 spiro atoms. The minimum atomic E-state index is -0.371. The lowest BCUT2D eigenvalue weighted by Crippen LogP contribution is -2.35. The summed E-state index contributed by atoms with van der Waals surface area (Å²) in [6.45, 7) is 6.14. The van der Waals surface area contributed by atoms with Crippen molar-refractivity contribution < 1.29 is 9.53 Å². The van der Waals surface area contributed by atoms with Crippen molar-refractivity contribution in [2.24, 2.45) is 7.05 Å². The second kappa shape index (κ2) is 7.96. The van der Waals surface area contributed by atoms with E-state index in [1.54, 1.807) is 28.0 Å². The molecule has 0 unspecified atom stereocenters. The van der Waals surface area contributed by atoms with Gasteiger partial charge in [-0.1, -0.05) is 19.1 Å². The van der Waals surface area contributed by atoms with E-state index in [0.717, 1.165) is 12.2 Å². The molecule has 0 aliphatic rings. The summed E-state index contributed by atoms with van der Waals surface area (Å²) in [5.74, 6) is 0.767. The Morgan fingerprint density at radius 3 is 2.52 bits per heavy atom. The predicted octanol–water partition coefficient (Wildman–Crippen LogP) is 2.33. The van der Waals surface area contributed by atoms with Crippen molar-refractivity contribution in [1.29, 1.82) is 0 Å². The van der Waals surface area contributed by atoms with E-state index in [-0.39, 0.29) is 22.9 Å². The molecule has 0 saturated heterocycles. The molecule has 0 aliphatic carbocycles. The van der Waals surface area contributed by atoms with Gasteiger partial charge in [0.05, 0.1) is 12.8 Å². The maximum atomic E-state index is 12.4. The third-order valence-corrected chi connectivity index (χ3v) is 4.50. The molecule has 0 saturated carbocycles. The Bertz CT molecular complexity index is 810. The van der Waals surface area contributed by atoms with Crippen LogP contribution in [0.4, 0.5) is 0 Å². The number of hydrogen-bond acceptors (Lipinski definition) is 4. The number of carbonyl (C=O) groups is 1. The summed E-state index contributed by atoms with van der Waals surface area (Å²) in [7, 11) is 3.19. The molecule has 2 rings (SSSR count). The average molecular weight is 343 g/mol. The van der Waals surface area contributed by atoms with Gasteiger partial charge in [0.25, 0.3) is 11.5 Å². The zero-order valence-electron chi connectivity index (χ0n) is 15.4. The van der Waals surface area contributed by atoms with Crippen molar-refractivity contribution in [2.75, 3.05) is 13.7 Å². The molecule has 1 N–H and O–H groups in total. The molecule has 1 aromatic heterocycles. The molecule has 1 amide bonds. The van der Waals surface area contributed by atoms with E-state index in [2.05, 4.69) is 17.3 Å².